The smallest absolute Gasteiger partial charge is 0.243 e. The van der Waals surface area contributed by atoms with E-state index >= 15 is 0 Å². The maximum Gasteiger partial charge on any atom is 0.243 e. The van der Waals surface area contributed by atoms with E-state index in [9.17, 15) is 13.2 Å². The van der Waals surface area contributed by atoms with E-state index in [4.69, 9.17) is 0 Å². The molecule has 1 aliphatic rings. The van der Waals surface area contributed by atoms with Gasteiger partial charge in [0.2, 0.25) is 15.9 Å². The lowest BCUT2D eigenvalue weighted by molar-refractivity contribution is -0.117. The standard InChI is InChI=1S/C20H24N2O3S/c1-16(2)22(15-17-7-4-3-5-8-17)26(24,25)19-12-10-18(11-13-19)21-14-6-9-20(21)23/h3-5,7-8,10-13,16H,6,9,14-15H2,1-2H3. The summed E-state index contributed by atoms with van der Waals surface area (Å²) in [7, 11) is -3.62. The van der Waals surface area contributed by atoms with Gasteiger partial charge < -0.3 is 4.90 Å². The summed E-state index contributed by atoms with van der Waals surface area (Å²) in [6.45, 7) is 4.76. The molecule has 0 bridgehead atoms. The molecule has 1 aliphatic heterocycles. The van der Waals surface area contributed by atoms with Crippen LogP contribution in [-0.2, 0) is 21.4 Å². The Morgan fingerprint density at radius 1 is 1.04 bits per heavy atom. The number of carbonyl (C=O) groups excluding carboxylic acids is 1. The highest BCUT2D eigenvalue weighted by Crippen LogP contribution is 2.26. The van der Waals surface area contributed by atoms with Crippen LogP contribution in [0.2, 0.25) is 0 Å². The van der Waals surface area contributed by atoms with Crippen LogP contribution in [-0.4, -0.2) is 31.2 Å². The van der Waals surface area contributed by atoms with Gasteiger partial charge in [0.15, 0.2) is 0 Å². The molecule has 5 nitrogen and oxygen atoms in total. The molecular formula is C20H24N2O3S. The van der Waals surface area contributed by atoms with Gasteiger partial charge in [0.25, 0.3) is 0 Å². The van der Waals surface area contributed by atoms with Crippen LogP contribution in [0, 0.1) is 0 Å². The molecular weight excluding hydrogens is 348 g/mol. The molecule has 0 aromatic heterocycles. The Morgan fingerprint density at radius 3 is 2.23 bits per heavy atom. The molecule has 1 fully saturated rings. The zero-order valence-electron chi connectivity index (χ0n) is 15.1. The Balaban J connectivity index is 1.86. The van der Waals surface area contributed by atoms with E-state index in [-0.39, 0.29) is 16.8 Å². The van der Waals surface area contributed by atoms with Gasteiger partial charge in [0.1, 0.15) is 0 Å². The number of hydrogen-bond acceptors (Lipinski definition) is 3. The van der Waals surface area contributed by atoms with Crippen molar-refractivity contribution in [1.82, 2.24) is 4.31 Å². The first-order chi connectivity index (χ1) is 12.4. The van der Waals surface area contributed by atoms with Crippen molar-refractivity contribution < 1.29 is 13.2 Å². The molecule has 0 atom stereocenters. The molecule has 1 amide bonds. The summed E-state index contributed by atoms with van der Waals surface area (Å²) in [6, 6.07) is 16.0. The fourth-order valence-corrected chi connectivity index (χ4v) is 4.79. The molecule has 1 heterocycles. The van der Waals surface area contributed by atoms with Crippen LogP contribution < -0.4 is 4.90 Å². The minimum atomic E-state index is -3.62. The normalized spacial score (nSPS) is 15.2. The molecule has 1 saturated heterocycles. The SMILES string of the molecule is CC(C)N(Cc1ccccc1)S(=O)(=O)c1ccc(N2CCCC2=O)cc1. The third kappa shape index (κ3) is 3.81. The molecule has 6 heteroatoms. The molecule has 138 valence electrons. The summed E-state index contributed by atoms with van der Waals surface area (Å²) in [5.41, 5.74) is 1.70. The summed E-state index contributed by atoms with van der Waals surface area (Å²) in [5, 5.41) is 0. The minimum absolute atomic E-state index is 0.0912. The van der Waals surface area contributed by atoms with Gasteiger partial charge in [-0.1, -0.05) is 30.3 Å². The monoisotopic (exact) mass is 372 g/mol. The Bertz CT molecular complexity index is 862. The number of rotatable bonds is 6. The molecule has 0 spiro atoms. The van der Waals surface area contributed by atoms with Gasteiger partial charge in [0.05, 0.1) is 4.90 Å². The van der Waals surface area contributed by atoms with Crippen molar-refractivity contribution in [3.63, 3.8) is 0 Å². The van der Waals surface area contributed by atoms with Crippen molar-refractivity contribution in [2.45, 2.75) is 44.2 Å². The van der Waals surface area contributed by atoms with Crippen LogP contribution in [0.5, 0.6) is 0 Å². The molecule has 3 rings (SSSR count). The van der Waals surface area contributed by atoms with E-state index in [1.807, 2.05) is 44.2 Å². The van der Waals surface area contributed by atoms with Gasteiger partial charge in [-0.05, 0) is 50.1 Å². The van der Waals surface area contributed by atoms with Crippen molar-refractivity contribution in [2.75, 3.05) is 11.4 Å². The zero-order chi connectivity index (χ0) is 18.7. The van der Waals surface area contributed by atoms with Crippen LogP contribution >= 0.6 is 0 Å². The predicted molar refractivity (Wildman–Crippen MR) is 102 cm³/mol. The lowest BCUT2D eigenvalue weighted by atomic mass is 10.2. The first-order valence-corrected chi connectivity index (χ1v) is 10.3. The first kappa shape index (κ1) is 18.6. The quantitative estimate of drug-likeness (QED) is 0.781. The van der Waals surface area contributed by atoms with Crippen molar-refractivity contribution in [3.05, 3.63) is 60.2 Å². The van der Waals surface area contributed by atoms with E-state index in [0.29, 0.717) is 19.5 Å². The third-order valence-electron chi connectivity index (χ3n) is 4.59. The molecule has 0 N–H and O–H groups in total. The molecule has 0 saturated carbocycles. The summed E-state index contributed by atoms with van der Waals surface area (Å²) in [5.74, 6) is 0.0912. The van der Waals surface area contributed by atoms with Crippen molar-refractivity contribution in [3.8, 4) is 0 Å². The minimum Gasteiger partial charge on any atom is -0.312 e. The molecule has 0 radical (unpaired) electrons. The molecule has 2 aromatic carbocycles. The second-order valence-corrected chi connectivity index (χ2v) is 8.66. The number of carbonyl (C=O) groups is 1. The van der Waals surface area contributed by atoms with Crippen LogP contribution in [0.3, 0.4) is 0 Å². The van der Waals surface area contributed by atoms with Crippen LogP contribution in [0.1, 0.15) is 32.3 Å². The topological polar surface area (TPSA) is 57.7 Å². The number of amides is 1. The largest absolute Gasteiger partial charge is 0.312 e. The second-order valence-electron chi connectivity index (χ2n) is 6.77. The number of benzene rings is 2. The van der Waals surface area contributed by atoms with E-state index in [1.54, 1.807) is 29.2 Å². The average Bonchev–Trinajstić information content (AvgIpc) is 3.06. The Hall–Kier alpha value is -2.18. The van der Waals surface area contributed by atoms with Gasteiger partial charge in [-0.15, -0.1) is 0 Å². The van der Waals surface area contributed by atoms with Gasteiger partial charge in [-0.3, -0.25) is 4.79 Å². The zero-order valence-corrected chi connectivity index (χ0v) is 15.9. The number of anilines is 1. The van der Waals surface area contributed by atoms with Gasteiger partial charge in [-0.25, -0.2) is 8.42 Å². The predicted octanol–water partition coefficient (Wildman–Crippen LogP) is 3.41. The molecule has 2 aromatic rings. The molecule has 0 aliphatic carbocycles. The lowest BCUT2D eigenvalue weighted by Gasteiger charge is -2.26. The fourth-order valence-electron chi connectivity index (χ4n) is 3.16. The van der Waals surface area contributed by atoms with Crippen molar-refractivity contribution in [2.24, 2.45) is 0 Å². The first-order valence-electron chi connectivity index (χ1n) is 8.86. The third-order valence-corrected chi connectivity index (χ3v) is 6.62. The van der Waals surface area contributed by atoms with Crippen LogP contribution in [0.15, 0.2) is 59.5 Å². The average molecular weight is 372 g/mol. The highest BCUT2D eigenvalue weighted by molar-refractivity contribution is 7.89. The number of hydrogen-bond donors (Lipinski definition) is 0. The maximum atomic E-state index is 13.1. The van der Waals surface area contributed by atoms with Crippen molar-refractivity contribution >= 4 is 21.6 Å². The van der Waals surface area contributed by atoms with Gasteiger partial charge in [0, 0.05) is 31.2 Å². The van der Waals surface area contributed by atoms with Crippen molar-refractivity contribution in [1.29, 1.82) is 0 Å². The summed E-state index contributed by atoms with van der Waals surface area (Å²) in [6.07, 6.45) is 1.40. The van der Waals surface area contributed by atoms with E-state index in [1.165, 1.54) is 4.31 Å². The Kier molecular flexibility index (Phi) is 5.44. The summed E-state index contributed by atoms with van der Waals surface area (Å²) in [4.78, 5) is 13.8. The maximum absolute atomic E-state index is 13.1. The van der Waals surface area contributed by atoms with Crippen LogP contribution in [0.25, 0.3) is 0 Å². The molecule has 26 heavy (non-hydrogen) atoms. The molecule has 0 unspecified atom stereocenters. The second kappa shape index (κ2) is 7.60. The van der Waals surface area contributed by atoms with E-state index in [2.05, 4.69) is 0 Å². The summed E-state index contributed by atoms with van der Waals surface area (Å²) >= 11 is 0. The van der Waals surface area contributed by atoms with Gasteiger partial charge in [-0.2, -0.15) is 4.31 Å². The van der Waals surface area contributed by atoms with E-state index < -0.39 is 10.0 Å². The number of sulfonamides is 1. The summed E-state index contributed by atoms with van der Waals surface area (Å²) < 4.78 is 27.7. The fraction of sp³-hybridized carbons (Fsp3) is 0.350. The Labute approximate surface area is 155 Å². The van der Waals surface area contributed by atoms with Crippen LogP contribution in [0.4, 0.5) is 5.69 Å². The van der Waals surface area contributed by atoms with Gasteiger partial charge >= 0.3 is 0 Å². The highest BCUT2D eigenvalue weighted by Gasteiger charge is 2.28. The van der Waals surface area contributed by atoms with E-state index in [0.717, 1.165) is 17.7 Å². The number of nitrogens with zero attached hydrogens (tertiary/aromatic N) is 2. The Morgan fingerprint density at radius 2 is 1.69 bits per heavy atom. The highest BCUT2D eigenvalue weighted by atomic mass is 32.2. The lowest BCUT2D eigenvalue weighted by Crippen LogP contribution is -2.36.